The Hall–Kier alpha value is -4.60. The zero-order valence-corrected chi connectivity index (χ0v) is 27.5. The largest absolute Gasteiger partial charge is 0.467 e. The molecular formula is C38H40N2O6S. The highest BCUT2D eigenvalue weighted by Gasteiger charge is 2.34. The van der Waals surface area contributed by atoms with Gasteiger partial charge in [-0.25, -0.2) is 9.59 Å². The molecule has 1 aliphatic rings. The van der Waals surface area contributed by atoms with Crippen LogP contribution in [-0.4, -0.2) is 60.7 Å². The van der Waals surface area contributed by atoms with Crippen molar-refractivity contribution in [3.63, 3.8) is 0 Å². The highest BCUT2D eigenvalue weighted by Crippen LogP contribution is 2.44. The minimum atomic E-state index is -1.68. The van der Waals surface area contributed by atoms with Crippen molar-refractivity contribution in [1.82, 2.24) is 10.6 Å². The predicted octanol–water partition coefficient (Wildman–Crippen LogP) is 6.09. The van der Waals surface area contributed by atoms with Gasteiger partial charge in [0.2, 0.25) is 0 Å². The van der Waals surface area contributed by atoms with Gasteiger partial charge in [0.05, 0.1) is 18.4 Å². The fourth-order valence-corrected chi connectivity index (χ4v) is 7.25. The smallest absolute Gasteiger partial charge is 0.407 e. The van der Waals surface area contributed by atoms with E-state index in [0.29, 0.717) is 0 Å². The van der Waals surface area contributed by atoms with Gasteiger partial charge in [-0.1, -0.05) is 123 Å². The number of esters is 1. The molecule has 0 aliphatic heterocycles. The first-order valence-corrected chi connectivity index (χ1v) is 16.7. The molecule has 0 unspecified atom stereocenters. The summed E-state index contributed by atoms with van der Waals surface area (Å²) in [5.74, 6) is -1.69. The van der Waals surface area contributed by atoms with Crippen LogP contribution in [0.4, 0.5) is 4.79 Å². The topological polar surface area (TPSA) is 114 Å². The van der Waals surface area contributed by atoms with Gasteiger partial charge in [0, 0.05) is 11.7 Å². The normalized spacial score (nSPS) is 14.1. The first-order chi connectivity index (χ1) is 22.8. The number of aliphatic hydroxyl groups excluding tert-OH is 1. The number of fused-ring (bicyclic) bond motifs is 3. The SMILES string of the molecule is COC(=O)[C@@H](NC(=O)[C@H](O)[C@H](CSC(c1ccccc1)c1ccccc1)NC(=O)OCC1c2ccccc2-c2ccccc21)C(C)C. The number of hydrogen-bond acceptors (Lipinski definition) is 7. The molecule has 8 nitrogen and oxygen atoms in total. The van der Waals surface area contributed by atoms with Gasteiger partial charge < -0.3 is 25.2 Å². The standard InChI is InChI=1S/C38H40N2O6S/c1-24(2)33(37(43)45-3)40-36(42)34(41)32(23-47-35(25-14-6-4-7-15-25)26-16-8-5-9-17-26)39-38(44)46-22-31-29-20-12-10-18-27(29)28-19-11-13-21-30(28)31/h4-21,24,31-35,41H,22-23H2,1-3H3,(H,39,44)(H,40,42)/t32-,33-,34+/m0/s1. The Morgan fingerprint density at radius 1 is 0.766 bits per heavy atom. The summed E-state index contributed by atoms with van der Waals surface area (Å²) in [5.41, 5.74) is 6.43. The number of benzene rings is 4. The molecule has 0 spiro atoms. The summed E-state index contributed by atoms with van der Waals surface area (Å²) in [6, 6.07) is 33.9. The van der Waals surface area contributed by atoms with Gasteiger partial charge in [0.15, 0.2) is 6.10 Å². The van der Waals surface area contributed by atoms with E-state index in [1.165, 1.54) is 18.9 Å². The van der Waals surface area contributed by atoms with E-state index in [4.69, 9.17) is 9.47 Å². The van der Waals surface area contributed by atoms with E-state index in [9.17, 15) is 19.5 Å². The van der Waals surface area contributed by atoms with E-state index in [0.717, 1.165) is 33.4 Å². The second-order valence-electron chi connectivity index (χ2n) is 11.8. The molecule has 2 amide bonds. The fourth-order valence-electron chi connectivity index (χ4n) is 5.89. The summed E-state index contributed by atoms with van der Waals surface area (Å²) in [5, 5.41) is 16.6. The molecule has 4 aromatic rings. The average molecular weight is 653 g/mol. The maximum Gasteiger partial charge on any atom is 0.407 e. The number of ether oxygens (including phenoxy) is 2. The van der Waals surface area contributed by atoms with Crippen LogP contribution in [0.5, 0.6) is 0 Å². The summed E-state index contributed by atoms with van der Waals surface area (Å²) in [6.45, 7) is 3.61. The lowest BCUT2D eigenvalue weighted by molar-refractivity contribution is -0.147. The zero-order chi connectivity index (χ0) is 33.3. The molecule has 47 heavy (non-hydrogen) atoms. The van der Waals surface area contributed by atoms with Crippen molar-refractivity contribution < 1.29 is 29.0 Å². The monoisotopic (exact) mass is 652 g/mol. The number of carbonyl (C=O) groups excluding carboxylic acids is 3. The summed E-state index contributed by atoms with van der Waals surface area (Å²) in [6.07, 6.45) is -2.44. The molecule has 0 fully saturated rings. The van der Waals surface area contributed by atoms with E-state index >= 15 is 0 Å². The Labute approximate surface area is 279 Å². The van der Waals surface area contributed by atoms with Crippen LogP contribution in [0.2, 0.25) is 0 Å². The lowest BCUT2D eigenvalue weighted by Crippen LogP contribution is -2.56. The van der Waals surface area contributed by atoms with Crippen LogP contribution in [0.15, 0.2) is 109 Å². The quantitative estimate of drug-likeness (QED) is 0.150. The molecule has 0 aromatic heterocycles. The predicted molar refractivity (Wildman–Crippen MR) is 184 cm³/mol. The molecule has 244 valence electrons. The molecule has 0 heterocycles. The van der Waals surface area contributed by atoms with Gasteiger partial charge in [-0.05, 0) is 39.3 Å². The highest BCUT2D eigenvalue weighted by molar-refractivity contribution is 7.99. The van der Waals surface area contributed by atoms with Crippen molar-refractivity contribution in [2.24, 2.45) is 5.92 Å². The van der Waals surface area contributed by atoms with Crippen molar-refractivity contribution in [1.29, 1.82) is 0 Å². The average Bonchev–Trinajstić information content (AvgIpc) is 3.42. The van der Waals surface area contributed by atoms with E-state index < -0.39 is 36.2 Å². The summed E-state index contributed by atoms with van der Waals surface area (Å²) < 4.78 is 10.6. The number of alkyl carbamates (subject to hydrolysis) is 1. The lowest BCUT2D eigenvalue weighted by atomic mass is 9.98. The van der Waals surface area contributed by atoms with Gasteiger partial charge in [-0.2, -0.15) is 0 Å². The van der Waals surface area contributed by atoms with Crippen LogP contribution in [0, 0.1) is 5.92 Å². The minimum Gasteiger partial charge on any atom is -0.467 e. The molecular weight excluding hydrogens is 612 g/mol. The Morgan fingerprint density at radius 2 is 1.28 bits per heavy atom. The molecule has 0 saturated carbocycles. The van der Waals surface area contributed by atoms with E-state index in [-0.39, 0.29) is 29.4 Å². The number of hydrogen-bond donors (Lipinski definition) is 3. The van der Waals surface area contributed by atoms with Crippen LogP contribution in [-0.2, 0) is 19.1 Å². The van der Waals surface area contributed by atoms with Crippen LogP contribution in [0.1, 0.15) is 47.3 Å². The third-order valence-corrected chi connectivity index (χ3v) is 9.79. The first kappa shape index (κ1) is 33.8. The number of rotatable bonds is 13. The molecule has 0 radical (unpaired) electrons. The van der Waals surface area contributed by atoms with E-state index in [1.54, 1.807) is 13.8 Å². The third-order valence-electron chi connectivity index (χ3n) is 8.36. The lowest BCUT2D eigenvalue weighted by Gasteiger charge is -2.28. The minimum absolute atomic E-state index is 0.0798. The molecule has 3 N–H and O–H groups in total. The van der Waals surface area contributed by atoms with Gasteiger partial charge in [0.25, 0.3) is 5.91 Å². The number of nitrogens with one attached hydrogen (secondary N) is 2. The molecule has 4 aromatic carbocycles. The Balaban J connectivity index is 1.34. The number of carbonyl (C=O) groups is 3. The first-order valence-electron chi connectivity index (χ1n) is 15.7. The molecule has 0 bridgehead atoms. The fraction of sp³-hybridized carbons (Fsp3) is 0.289. The summed E-state index contributed by atoms with van der Waals surface area (Å²) in [7, 11) is 1.24. The van der Waals surface area contributed by atoms with Crippen LogP contribution in [0.3, 0.4) is 0 Å². The van der Waals surface area contributed by atoms with E-state index in [2.05, 4.69) is 22.8 Å². The van der Waals surface area contributed by atoms with Gasteiger partial charge in [0.1, 0.15) is 12.6 Å². The van der Waals surface area contributed by atoms with Gasteiger partial charge in [-0.3, -0.25) is 4.79 Å². The van der Waals surface area contributed by atoms with Crippen molar-refractivity contribution in [2.45, 2.75) is 43.2 Å². The molecule has 1 aliphatic carbocycles. The zero-order valence-electron chi connectivity index (χ0n) is 26.7. The highest BCUT2D eigenvalue weighted by atomic mass is 32.2. The van der Waals surface area contributed by atoms with Crippen molar-refractivity contribution in [2.75, 3.05) is 19.5 Å². The molecule has 0 saturated heterocycles. The molecule has 9 heteroatoms. The van der Waals surface area contributed by atoms with Crippen molar-refractivity contribution in [3.05, 3.63) is 131 Å². The summed E-state index contributed by atoms with van der Waals surface area (Å²) in [4.78, 5) is 39.1. The molecule has 3 atom stereocenters. The van der Waals surface area contributed by atoms with Crippen LogP contribution >= 0.6 is 11.8 Å². The maximum absolute atomic E-state index is 13.4. The summed E-state index contributed by atoms with van der Waals surface area (Å²) >= 11 is 1.48. The second-order valence-corrected chi connectivity index (χ2v) is 12.9. The Bertz CT molecular complexity index is 1580. The molecule has 5 rings (SSSR count). The number of amides is 2. The third kappa shape index (κ3) is 8.04. The van der Waals surface area contributed by atoms with Crippen LogP contribution < -0.4 is 10.6 Å². The Morgan fingerprint density at radius 3 is 1.79 bits per heavy atom. The van der Waals surface area contributed by atoms with Gasteiger partial charge in [-0.15, -0.1) is 11.8 Å². The van der Waals surface area contributed by atoms with Gasteiger partial charge >= 0.3 is 12.1 Å². The van der Waals surface area contributed by atoms with Crippen molar-refractivity contribution in [3.8, 4) is 11.1 Å². The number of aliphatic hydroxyl groups is 1. The second kappa shape index (κ2) is 15.8. The van der Waals surface area contributed by atoms with Crippen molar-refractivity contribution >= 4 is 29.7 Å². The number of thioether (sulfide) groups is 1. The van der Waals surface area contributed by atoms with Crippen LogP contribution in [0.25, 0.3) is 11.1 Å². The number of methoxy groups -OCH3 is 1. The Kier molecular flexibility index (Phi) is 11.3. The maximum atomic E-state index is 13.4. The van der Waals surface area contributed by atoms with E-state index in [1.807, 2.05) is 97.1 Å².